The van der Waals surface area contributed by atoms with Gasteiger partial charge in [-0.05, 0) is 54.4 Å². The number of nitrogens with zero attached hydrogens (tertiary/aromatic N) is 1. The van der Waals surface area contributed by atoms with Crippen molar-refractivity contribution in [2.45, 2.75) is 33.2 Å². The highest BCUT2D eigenvalue weighted by molar-refractivity contribution is 9.10. The summed E-state index contributed by atoms with van der Waals surface area (Å²) in [5, 5.41) is 0. The lowest BCUT2D eigenvalue weighted by molar-refractivity contribution is 0.0698. The first-order valence-electron chi connectivity index (χ1n) is 5.77. The van der Waals surface area contributed by atoms with Crippen molar-refractivity contribution >= 4 is 21.8 Å². The molecule has 0 aromatic heterocycles. The van der Waals surface area contributed by atoms with Crippen LogP contribution in [0.25, 0.3) is 0 Å². The highest BCUT2D eigenvalue weighted by Gasteiger charge is 2.21. The van der Waals surface area contributed by atoms with Crippen LogP contribution in [0.4, 0.5) is 4.39 Å². The van der Waals surface area contributed by atoms with Crippen LogP contribution in [-0.4, -0.2) is 23.4 Å². The summed E-state index contributed by atoms with van der Waals surface area (Å²) < 4.78 is 13.8. The molecule has 2 nitrogen and oxygen atoms in total. The van der Waals surface area contributed by atoms with Gasteiger partial charge in [0.25, 0.3) is 5.91 Å². The van der Waals surface area contributed by atoms with Crippen LogP contribution in [-0.2, 0) is 0 Å². The highest BCUT2D eigenvalue weighted by Crippen LogP contribution is 2.21. The number of benzene rings is 1. The lowest BCUT2D eigenvalue weighted by Crippen LogP contribution is -2.38. The summed E-state index contributed by atoms with van der Waals surface area (Å²) in [5.74, 6) is -0.523. The predicted octanol–water partition coefficient (Wildman–Crippen LogP) is 3.85. The molecule has 0 N–H and O–H groups in total. The number of rotatable bonds is 4. The Morgan fingerprint density at radius 3 is 2.65 bits per heavy atom. The molecule has 1 unspecified atom stereocenters. The van der Waals surface area contributed by atoms with Crippen molar-refractivity contribution in [1.82, 2.24) is 4.90 Å². The van der Waals surface area contributed by atoms with Gasteiger partial charge in [0.05, 0.1) is 5.56 Å². The van der Waals surface area contributed by atoms with E-state index >= 15 is 0 Å². The number of hydrogen-bond acceptors (Lipinski definition) is 1. The van der Waals surface area contributed by atoms with Crippen molar-refractivity contribution in [3.63, 3.8) is 0 Å². The molecule has 17 heavy (non-hydrogen) atoms. The van der Waals surface area contributed by atoms with E-state index in [1.54, 1.807) is 11.0 Å². The molecule has 0 fully saturated rings. The van der Waals surface area contributed by atoms with E-state index in [9.17, 15) is 9.18 Å². The van der Waals surface area contributed by atoms with Crippen LogP contribution < -0.4 is 0 Å². The van der Waals surface area contributed by atoms with Crippen LogP contribution in [0.5, 0.6) is 0 Å². The third kappa shape index (κ3) is 3.28. The summed E-state index contributed by atoms with van der Waals surface area (Å²) in [5.41, 5.74) is 0.382. The first-order valence-corrected chi connectivity index (χ1v) is 6.56. The summed E-state index contributed by atoms with van der Waals surface area (Å²) in [4.78, 5) is 14.0. The third-order valence-electron chi connectivity index (χ3n) is 2.88. The number of carbonyl (C=O) groups excluding carboxylic acids is 1. The minimum atomic E-state index is -0.392. The van der Waals surface area contributed by atoms with Gasteiger partial charge >= 0.3 is 0 Å². The first-order chi connectivity index (χ1) is 8.01. The van der Waals surface area contributed by atoms with Crippen molar-refractivity contribution in [2.24, 2.45) is 0 Å². The molecule has 1 aromatic carbocycles. The quantitative estimate of drug-likeness (QED) is 0.827. The summed E-state index contributed by atoms with van der Waals surface area (Å²) >= 11 is 3.29. The van der Waals surface area contributed by atoms with Crippen molar-refractivity contribution in [1.29, 1.82) is 0 Å². The standard InChI is InChI=1S/C13H17BrFNO/c1-4-9(3)16(5-2)13(17)11-8-10(15)6-7-12(11)14/h6-9H,4-5H2,1-3H3. The van der Waals surface area contributed by atoms with Gasteiger partial charge in [0.1, 0.15) is 5.82 Å². The van der Waals surface area contributed by atoms with Gasteiger partial charge in [-0.2, -0.15) is 0 Å². The van der Waals surface area contributed by atoms with Gasteiger partial charge in [-0.25, -0.2) is 4.39 Å². The van der Waals surface area contributed by atoms with Gasteiger partial charge in [-0.1, -0.05) is 6.92 Å². The Morgan fingerprint density at radius 2 is 2.12 bits per heavy atom. The smallest absolute Gasteiger partial charge is 0.255 e. The minimum absolute atomic E-state index is 0.131. The molecular weight excluding hydrogens is 285 g/mol. The zero-order valence-electron chi connectivity index (χ0n) is 10.3. The van der Waals surface area contributed by atoms with E-state index in [-0.39, 0.29) is 11.9 Å². The molecule has 0 bridgehead atoms. The first kappa shape index (κ1) is 14.2. The van der Waals surface area contributed by atoms with Crippen LogP contribution in [0.3, 0.4) is 0 Å². The van der Waals surface area contributed by atoms with E-state index in [4.69, 9.17) is 0 Å². The average molecular weight is 302 g/mol. The highest BCUT2D eigenvalue weighted by atomic mass is 79.9. The van der Waals surface area contributed by atoms with Crippen LogP contribution in [0.1, 0.15) is 37.6 Å². The zero-order chi connectivity index (χ0) is 13.0. The molecule has 1 aromatic rings. The molecule has 0 heterocycles. The molecule has 1 atom stereocenters. The molecule has 0 spiro atoms. The monoisotopic (exact) mass is 301 g/mol. The third-order valence-corrected chi connectivity index (χ3v) is 3.57. The molecule has 94 valence electrons. The second-order valence-corrected chi connectivity index (χ2v) is 4.83. The Labute approximate surface area is 110 Å². The molecular formula is C13H17BrFNO. The Bertz CT molecular complexity index is 408. The van der Waals surface area contributed by atoms with Gasteiger partial charge in [0.15, 0.2) is 0 Å². The summed E-state index contributed by atoms with van der Waals surface area (Å²) in [6, 6.07) is 4.33. The lowest BCUT2D eigenvalue weighted by atomic mass is 10.1. The van der Waals surface area contributed by atoms with E-state index in [0.29, 0.717) is 16.6 Å². The Hall–Kier alpha value is -0.900. The summed E-state index contributed by atoms with van der Waals surface area (Å²) in [6.45, 7) is 6.57. The fraction of sp³-hybridized carbons (Fsp3) is 0.462. The molecule has 1 rings (SSSR count). The van der Waals surface area contributed by atoms with Crippen LogP contribution in [0.2, 0.25) is 0 Å². The van der Waals surface area contributed by atoms with Crippen LogP contribution in [0, 0.1) is 5.82 Å². The van der Waals surface area contributed by atoms with Crippen molar-refractivity contribution < 1.29 is 9.18 Å². The second-order valence-electron chi connectivity index (χ2n) is 3.97. The topological polar surface area (TPSA) is 20.3 Å². The van der Waals surface area contributed by atoms with E-state index in [2.05, 4.69) is 15.9 Å². The van der Waals surface area contributed by atoms with Gasteiger partial charge < -0.3 is 4.90 Å². The maximum absolute atomic E-state index is 13.2. The maximum Gasteiger partial charge on any atom is 0.255 e. The average Bonchev–Trinajstić information content (AvgIpc) is 2.32. The van der Waals surface area contributed by atoms with Crippen LogP contribution in [0.15, 0.2) is 22.7 Å². The molecule has 0 saturated carbocycles. The minimum Gasteiger partial charge on any atom is -0.336 e. The molecule has 0 radical (unpaired) electrons. The maximum atomic E-state index is 13.2. The Morgan fingerprint density at radius 1 is 1.47 bits per heavy atom. The number of halogens is 2. The van der Waals surface area contributed by atoms with Gasteiger partial charge in [-0.3, -0.25) is 4.79 Å². The van der Waals surface area contributed by atoms with Gasteiger partial charge in [0.2, 0.25) is 0 Å². The lowest BCUT2D eigenvalue weighted by Gasteiger charge is -2.27. The molecule has 0 aliphatic rings. The van der Waals surface area contributed by atoms with Crippen LogP contribution >= 0.6 is 15.9 Å². The summed E-state index contributed by atoms with van der Waals surface area (Å²) in [6.07, 6.45) is 0.881. The van der Waals surface area contributed by atoms with Gasteiger partial charge in [0, 0.05) is 17.1 Å². The molecule has 0 aliphatic carbocycles. The molecule has 4 heteroatoms. The molecule has 1 amide bonds. The number of carbonyl (C=O) groups is 1. The van der Waals surface area contributed by atoms with E-state index in [1.165, 1.54) is 12.1 Å². The summed E-state index contributed by atoms with van der Waals surface area (Å²) in [7, 11) is 0. The molecule has 0 aliphatic heterocycles. The Balaban J connectivity index is 3.05. The zero-order valence-corrected chi connectivity index (χ0v) is 11.9. The second kappa shape index (κ2) is 6.15. The number of hydrogen-bond donors (Lipinski definition) is 0. The predicted molar refractivity (Wildman–Crippen MR) is 70.6 cm³/mol. The molecule has 0 saturated heterocycles. The fourth-order valence-corrected chi connectivity index (χ4v) is 2.11. The van der Waals surface area contributed by atoms with Crippen molar-refractivity contribution in [3.05, 3.63) is 34.1 Å². The fourth-order valence-electron chi connectivity index (χ4n) is 1.69. The SMILES string of the molecule is CCC(C)N(CC)C(=O)c1cc(F)ccc1Br. The van der Waals surface area contributed by atoms with E-state index in [1.807, 2.05) is 20.8 Å². The number of amides is 1. The van der Waals surface area contributed by atoms with Crippen molar-refractivity contribution in [2.75, 3.05) is 6.54 Å². The normalized spacial score (nSPS) is 12.3. The van der Waals surface area contributed by atoms with Gasteiger partial charge in [-0.15, -0.1) is 0 Å². The Kier molecular flexibility index (Phi) is 5.12. The largest absolute Gasteiger partial charge is 0.336 e. The van der Waals surface area contributed by atoms with E-state index in [0.717, 1.165) is 6.42 Å². The van der Waals surface area contributed by atoms with Crippen molar-refractivity contribution in [3.8, 4) is 0 Å². The van der Waals surface area contributed by atoms with E-state index < -0.39 is 5.82 Å².